The Morgan fingerprint density at radius 3 is 2.32 bits per heavy atom. The van der Waals surface area contributed by atoms with E-state index >= 15 is 0 Å². The zero-order valence-electron chi connectivity index (χ0n) is 17.0. The summed E-state index contributed by atoms with van der Waals surface area (Å²) in [5.74, 6) is 0.439. The van der Waals surface area contributed by atoms with Crippen LogP contribution >= 0.6 is 15.9 Å². The molecule has 0 unspecified atom stereocenters. The molecule has 0 radical (unpaired) electrons. The van der Waals surface area contributed by atoms with Gasteiger partial charge >= 0.3 is 0 Å². The van der Waals surface area contributed by atoms with Gasteiger partial charge in [0.15, 0.2) is 0 Å². The number of aromatic nitrogens is 1. The van der Waals surface area contributed by atoms with Gasteiger partial charge in [-0.2, -0.15) is 0 Å². The first-order chi connectivity index (χ1) is 15.1. The van der Waals surface area contributed by atoms with Crippen LogP contribution in [-0.2, 0) is 6.54 Å². The fourth-order valence-electron chi connectivity index (χ4n) is 3.56. The molecule has 158 valence electrons. The van der Waals surface area contributed by atoms with Crippen molar-refractivity contribution in [2.24, 2.45) is 0 Å². The van der Waals surface area contributed by atoms with Gasteiger partial charge in [0.1, 0.15) is 5.82 Å². The largest absolute Gasteiger partial charge is 0.357 e. The highest BCUT2D eigenvalue weighted by Gasteiger charge is 2.16. The molecule has 31 heavy (non-hydrogen) atoms. The van der Waals surface area contributed by atoms with Gasteiger partial charge in [-0.15, -0.1) is 0 Å². The minimum atomic E-state index is -0.283. The van der Waals surface area contributed by atoms with Crippen LogP contribution in [0.3, 0.4) is 0 Å². The van der Waals surface area contributed by atoms with E-state index in [1.165, 1.54) is 12.8 Å². The summed E-state index contributed by atoms with van der Waals surface area (Å²) in [4.78, 5) is 32.2. The van der Waals surface area contributed by atoms with E-state index in [-0.39, 0.29) is 11.8 Å². The Hall–Kier alpha value is -3.19. The van der Waals surface area contributed by atoms with Crippen molar-refractivity contribution in [3.05, 3.63) is 88.0 Å². The number of pyridine rings is 1. The first-order valence-corrected chi connectivity index (χ1v) is 11.0. The molecule has 2 heterocycles. The SMILES string of the molecule is O=C(Nc1ccccc1C(=O)NCc1ccc(N2CCCC2)nc1)c1ccccc1Br. The van der Waals surface area contributed by atoms with E-state index in [0.717, 1.165) is 24.5 Å². The Kier molecular flexibility index (Phi) is 6.62. The molecule has 1 saturated heterocycles. The van der Waals surface area contributed by atoms with Crippen molar-refractivity contribution in [1.29, 1.82) is 0 Å². The molecule has 2 aromatic carbocycles. The number of rotatable bonds is 6. The van der Waals surface area contributed by atoms with Crippen LogP contribution in [0.1, 0.15) is 39.1 Å². The zero-order valence-corrected chi connectivity index (χ0v) is 18.6. The van der Waals surface area contributed by atoms with E-state index in [2.05, 4.69) is 36.4 Å². The number of carbonyl (C=O) groups is 2. The molecule has 1 aromatic heterocycles. The maximum absolute atomic E-state index is 12.8. The molecule has 0 atom stereocenters. The summed E-state index contributed by atoms with van der Waals surface area (Å²) >= 11 is 3.39. The van der Waals surface area contributed by atoms with Crippen molar-refractivity contribution < 1.29 is 9.59 Å². The van der Waals surface area contributed by atoms with Gasteiger partial charge in [-0.3, -0.25) is 9.59 Å². The van der Waals surface area contributed by atoms with Gasteiger partial charge in [-0.25, -0.2) is 4.98 Å². The summed E-state index contributed by atoms with van der Waals surface area (Å²) < 4.78 is 0.694. The predicted molar refractivity (Wildman–Crippen MR) is 125 cm³/mol. The average molecular weight is 479 g/mol. The van der Waals surface area contributed by atoms with Crippen molar-refractivity contribution in [2.75, 3.05) is 23.3 Å². The molecule has 7 heteroatoms. The number of amides is 2. The maximum Gasteiger partial charge on any atom is 0.256 e. The monoisotopic (exact) mass is 478 g/mol. The van der Waals surface area contributed by atoms with E-state index in [4.69, 9.17) is 0 Å². The summed E-state index contributed by atoms with van der Waals surface area (Å²) in [6.07, 6.45) is 4.21. The van der Waals surface area contributed by atoms with Crippen LogP contribution in [0.2, 0.25) is 0 Å². The van der Waals surface area contributed by atoms with Crippen LogP contribution in [0.15, 0.2) is 71.3 Å². The Morgan fingerprint density at radius 2 is 1.61 bits per heavy atom. The second kappa shape index (κ2) is 9.75. The van der Waals surface area contributed by atoms with Crippen molar-refractivity contribution >= 4 is 39.2 Å². The Bertz CT molecular complexity index is 1080. The van der Waals surface area contributed by atoms with Gasteiger partial charge in [0.25, 0.3) is 11.8 Å². The number of halogens is 1. The Balaban J connectivity index is 1.41. The molecular formula is C24H23BrN4O2. The van der Waals surface area contributed by atoms with Gasteiger partial charge in [0.05, 0.1) is 16.8 Å². The zero-order chi connectivity index (χ0) is 21.6. The topological polar surface area (TPSA) is 74.3 Å². The summed E-state index contributed by atoms with van der Waals surface area (Å²) in [5.41, 5.74) is 2.29. The Labute approximate surface area is 189 Å². The molecule has 0 spiro atoms. The van der Waals surface area contributed by atoms with Crippen LogP contribution in [0.25, 0.3) is 0 Å². The van der Waals surface area contributed by atoms with E-state index in [0.29, 0.717) is 27.8 Å². The third-order valence-electron chi connectivity index (χ3n) is 5.23. The molecule has 0 saturated carbocycles. The van der Waals surface area contributed by atoms with Crippen molar-refractivity contribution in [3.8, 4) is 0 Å². The molecule has 0 aliphatic carbocycles. The minimum absolute atomic E-state index is 0.258. The van der Waals surface area contributed by atoms with E-state index < -0.39 is 0 Å². The van der Waals surface area contributed by atoms with Crippen LogP contribution in [0.5, 0.6) is 0 Å². The summed E-state index contributed by atoms with van der Waals surface area (Å²) in [6, 6.07) is 18.1. The number of para-hydroxylation sites is 1. The molecule has 1 aliphatic rings. The lowest BCUT2D eigenvalue weighted by atomic mass is 10.1. The highest BCUT2D eigenvalue weighted by molar-refractivity contribution is 9.10. The van der Waals surface area contributed by atoms with Crippen LogP contribution in [0.4, 0.5) is 11.5 Å². The van der Waals surface area contributed by atoms with E-state index in [1.54, 1.807) is 48.7 Å². The molecule has 6 nitrogen and oxygen atoms in total. The first-order valence-electron chi connectivity index (χ1n) is 10.2. The van der Waals surface area contributed by atoms with Gasteiger partial charge < -0.3 is 15.5 Å². The van der Waals surface area contributed by atoms with Gasteiger partial charge in [-0.05, 0) is 64.7 Å². The van der Waals surface area contributed by atoms with Crippen molar-refractivity contribution in [1.82, 2.24) is 10.3 Å². The predicted octanol–water partition coefficient (Wildman–Crippen LogP) is 4.63. The third-order valence-corrected chi connectivity index (χ3v) is 5.92. The van der Waals surface area contributed by atoms with Crippen LogP contribution < -0.4 is 15.5 Å². The number of nitrogens with one attached hydrogen (secondary N) is 2. The normalized spacial score (nSPS) is 13.1. The van der Waals surface area contributed by atoms with Crippen molar-refractivity contribution in [3.63, 3.8) is 0 Å². The number of hydrogen-bond donors (Lipinski definition) is 2. The summed E-state index contributed by atoms with van der Waals surface area (Å²) in [7, 11) is 0. The second-order valence-electron chi connectivity index (χ2n) is 7.38. The van der Waals surface area contributed by atoms with Crippen LogP contribution in [0, 0.1) is 0 Å². The van der Waals surface area contributed by atoms with Crippen molar-refractivity contribution in [2.45, 2.75) is 19.4 Å². The van der Waals surface area contributed by atoms with Gasteiger partial charge in [0.2, 0.25) is 0 Å². The Morgan fingerprint density at radius 1 is 0.903 bits per heavy atom. The molecule has 1 aliphatic heterocycles. The van der Waals surface area contributed by atoms with E-state index in [1.807, 2.05) is 18.2 Å². The number of benzene rings is 2. The molecule has 1 fully saturated rings. The lowest BCUT2D eigenvalue weighted by molar-refractivity contribution is 0.0951. The molecule has 2 amide bonds. The average Bonchev–Trinajstić information content (AvgIpc) is 3.33. The summed E-state index contributed by atoms with van der Waals surface area (Å²) in [6.45, 7) is 2.45. The second-order valence-corrected chi connectivity index (χ2v) is 8.24. The molecular weight excluding hydrogens is 456 g/mol. The van der Waals surface area contributed by atoms with E-state index in [9.17, 15) is 9.59 Å². The molecule has 3 aromatic rings. The fraction of sp³-hybridized carbons (Fsp3) is 0.208. The lowest BCUT2D eigenvalue weighted by Crippen LogP contribution is -2.25. The summed E-state index contributed by atoms with van der Waals surface area (Å²) in [5, 5.41) is 5.75. The molecule has 2 N–H and O–H groups in total. The third kappa shape index (κ3) is 5.11. The van der Waals surface area contributed by atoms with Crippen LogP contribution in [-0.4, -0.2) is 29.9 Å². The smallest absolute Gasteiger partial charge is 0.256 e. The fourth-order valence-corrected chi connectivity index (χ4v) is 4.02. The quantitative estimate of drug-likeness (QED) is 0.541. The molecule has 4 rings (SSSR count). The number of hydrogen-bond acceptors (Lipinski definition) is 4. The maximum atomic E-state index is 12.8. The number of anilines is 2. The number of nitrogens with zero attached hydrogens (tertiary/aromatic N) is 2. The lowest BCUT2D eigenvalue weighted by Gasteiger charge is -2.16. The molecule has 0 bridgehead atoms. The minimum Gasteiger partial charge on any atom is -0.357 e. The highest BCUT2D eigenvalue weighted by Crippen LogP contribution is 2.21. The first kappa shape index (κ1) is 21.1. The van der Waals surface area contributed by atoms with Gasteiger partial charge in [0, 0.05) is 30.3 Å². The number of carbonyl (C=O) groups excluding carboxylic acids is 2. The highest BCUT2D eigenvalue weighted by atomic mass is 79.9. The standard InChI is InChI=1S/C24H23BrN4O2/c25-20-9-3-1-7-18(20)24(31)28-21-10-4-2-8-19(21)23(30)27-16-17-11-12-22(26-15-17)29-13-5-6-14-29/h1-4,7-12,15H,5-6,13-14,16H2,(H,27,30)(H,28,31). The van der Waals surface area contributed by atoms with Gasteiger partial charge in [-0.1, -0.05) is 30.3 Å².